The van der Waals surface area contributed by atoms with E-state index in [-0.39, 0.29) is 29.6 Å². The van der Waals surface area contributed by atoms with E-state index in [0.29, 0.717) is 0 Å². The molecular weight excluding hydrogens is 301 g/mol. The smallest absolute Gasteiger partial charge is 0.588 e. The summed E-state index contributed by atoms with van der Waals surface area (Å²) in [4.78, 5) is 0. The van der Waals surface area contributed by atoms with Gasteiger partial charge in [-0.05, 0) is 20.0 Å². The summed E-state index contributed by atoms with van der Waals surface area (Å²) in [5.74, 6) is 4.86. The van der Waals surface area contributed by atoms with Gasteiger partial charge in [0.1, 0.15) is 6.35 Å². The average Bonchev–Trinajstić information content (AvgIpc) is 2.57. The topological polar surface area (TPSA) is 9.23 Å². The van der Waals surface area contributed by atoms with E-state index in [2.05, 4.69) is 12.1 Å². The molecule has 0 atom stereocenters. The van der Waals surface area contributed by atoms with Gasteiger partial charge in [0.25, 0.3) is 0 Å². The van der Waals surface area contributed by atoms with Crippen molar-refractivity contribution in [3.63, 3.8) is 0 Å². The van der Waals surface area contributed by atoms with Gasteiger partial charge in [-0.2, -0.15) is 0 Å². The van der Waals surface area contributed by atoms with E-state index in [9.17, 15) is 0 Å². The standard InChI is InChI=1S/C18H33BClO.Na/c1-21-19(15-9-4-10-16-20,17-11-5-2-6-12-17)18-13-7-3-8-14-18;/h9,15,17-18H,2-8,10-14,16H2,1H3;/q-1;+1/b15-9+;. The van der Waals surface area contributed by atoms with Crippen LogP contribution in [0.1, 0.15) is 77.0 Å². The van der Waals surface area contributed by atoms with E-state index in [4.69, 9.17) is 16.3 Å². The molecule has 0 saturated heterocycles. The first-order valence-electron chi connectivity index (χ1n) is 9.29. The molecule has 0 radical (unpaired) electrons. The van der Waals surface area contributed by atoms with E-state index < -0.39 is 6.35 Å². The van der Waals surface area contributed by atoms with Crippen LogP contribution in [0.5, 0.6) is 0 Å². The maximum absolute atomic E-state index is 6.34. The minimum absolute atomic E-state index is 0. The first kappa shape index (κ1) is 21.1. The zero-order valence-electron chi connectivity index (χ0n) is 14.9. The molecule has 2 aliphatic rings. The van der Waals surface area contributed by atoms with Crippen molar-refractivity contribution in [2.75, 3.05) is 13.0 Å². The summed E-state index contributed by atoms with van der Waals surface area (Å²) in [6, 6.07) is 0. The number of halogens is 1. The Labute approximate surface area is 165 Å². The van der Waals surface area contributed by atoms with E-state index in [1.165, 1.54) is 64.2 Å². The van der Waals surface area contributed by atoms with Crippen LogP contribution in [0.25, 0.3) is 0 Å². The molecule has 4 heteroatoms. The van der Waals surface area contributed by atoms with Crippen LogP contribution in [0, 0.1) is 0 Å². The SMILES string of the molecule is CO[B-](/C=C/CCCCl)(C1CCCCC1)C1CCCCC1.[Na+]. The Hall–Kier alpha value is 1.05. The van der Waals surface area contributed by atoms with Crippen LogP contribution < -0.4 is 29.6 Å². The third-order valence-electron chi connectivity index (χ3n) is 6.12. The molecule has 0 bridgehead atoms. The second kappa shape index (κ2) is 11.6. The van der Waals surface area contributed by atoms with Gasteiger partial charge in [-0.15, -0.1) is 29.3 Å². The summed E-state index contributed by atoms with van der Waals surface area (Å²) in [5.41, 5.74) is 0. The zero-order chi connectivity index (χ0) is 15.0. The van der Waals surface area contributed by atoms with Gasteiger partial charge in [0.15, 0.2) is 0 Å². The van der Waals surface area contributed by atoms with Gasteiger partial charge in [0, 0.05) is 5.88 Å². The summed E-state index contributed by atoms with van der Waals surface area (Å²) in [7, 11) is 1.98. The Balaban J connectivity index is 0.00000242. The molecule has 22 heavy (non-hydrogen) atoms. The van der Waals surface area contributed by atoms with E-state index in [1.54, 1.807) is 0 Å². The third-order valence-corrected chi connectivity index (χ3v) is 6.39. The molecule has 0 aromatic rings. The van der Waals surface area contributed by atoms with Crippen LogP contribution in [0.4, 0.5) is 0 Å². The van der Waals surface area contributed by atoms with Crippen LogP contribution in [0.15, 0.2) is 12.1 Å². The second-order valence-electron chi connectivity index (χ2n) is 7.28. The van der Waals surface area contributed by atoms with Gasteiger partial charge in [-0.3, -0.25) is 0 Å². The maximum atomic E-state index is 6.34. The maximum Gasteiger partial charge on any atom is 1.00 e. The Morgan fingerprint density at radius 2 is 1.45 bits per heavy atom. The molecule has 0 unspecified atom stereocenters. The molecule has 0 N–H and O–H groups in total. The van der Waals surface area contributed by atoms with E-state index >= 15 is 0 Å². The van der Waals surface area contributed by atoms with Crippen molar-refractivity contribution in [3.05, 3.63) is 12.1 Å². The minimum Gasteiger partial charge on any atom is -0.588 e. The number of hydrogen-bond donors (Lipinski definition) is 0. The fraction of sp³-hybridized carbons (Fsp3) is 0.889. The van der Waals surface area contributed by atoms with Crippen LogP contribution in [-0.4, -0.2) is 19.3 Å². The van der Waals surface area contributed by atoms with Gasteiger partial charge in [-0.1, -0.05) is 64.2 Å². The number of rotatable bonds is 7. The van der Waals surface area contributed by atoms with Gasteiger partial charge < -0.3 is 4.65 Å². The van der Waals surface area contributed by atoms with Crippen LogP contribution >= 0.6 is 11.6 Å². The Morgan fingerprint density at radius 3 is 1.86 bits per heavy atom. The normalized spacial score (nSPS) is 21.9. The van der Waals surface area contributed by atoms with E-state index in [0.717, 1.165) is 30.4 Å². The van der Waals surface area contributed by atoms with Crippen molar-refractivity contribution in [3.8, 4) is 0 Å². The molecule has 122 valence electrons. The Kier molecular flexibility index (Phi) is 11.1. The monoisotopic (exact) mass is 334 g/mol. The molecule has 0 amide bonds. The van der Waals surface area contributed by atoms with Gasteiger partial charge in [0.2, 0.25) is 0 Å². The minimum atomic E-state index is -0.780. The number of allylic oxidation sites excluding steroid dienone is 1. The second-order valence-corrected chi connectivity index (χ2v) is 7.65. The Morgan fingerprint density at radius 1 is 0.955 bits per heavy atom. The molecule has 2 aliphatic carbocycles. The van der Waals surface area contributed by atoms with E-state index in [1.807, 2.05) is 7.11 Å². The fourth-order valence-corrected chi connectivity index (χ4v) is 5.13. The molecule has 0 aromatic heterocycles. The van der Waals surface area contributed by atoms with Crippen molar-refractivity contribution in [1.29, 1.82) is 0 Å². The molecule has 2 saturated carbocycles. The first-order chi connectivity index (χ1) is 10.3. The Bertz CT molecular complexity index is 294. The number of alkyl halides is 1. The molecular formula is C18H33BClNaO. The summed E-state index contributed by atoms with van der Waals surface area (Å²) in [5, 5.41) is 0. The van der Waals surface area contributed by atoms with Crippen molar-refractivity contribution >= 4 is 17.9 Å². The van der Waals surface area contributed by atoms with Crippen molar-refractivity contribution < 1.29 is 34.2 Å². The van der Waals surface area contributed by atoms with Crippen molar-refractivity contribution in [2.45, 2.75) is 88.7 Å². The molecule has 2 fully saturated rings. The molecule has 2 rings (SSSR count). The average molecular weight is 335 g/mol. The molecule has 1 nitrogen and oxygen atoms in total. The van der Waals surface area contributed by atoms with Crippen molar-refractivity contribution in [2.24, 2.45) is 0 Å². The van der Waals surface area contributed by atoms with Crippen molar-refractivity contribution in [1.82, 2.24) is 0 Å². The molecule has 0 aromatic carbocycles. The largest absolute Gasteiger partial charge is 1.00 e. The summed E-state index contributed by atoms with van der Waals surface area (Å²) in [6.45, 7) is 0. The van der Waals surface area contributed by atoms with Gasteiger partial charge in [-0.25, -0.2) is 5.98 Å². The number of unbranched alkanes of at least 4 members (excludes halogenated alkanes) is 1. The third kappa shape index (κ3) is 5.55. The summed E-state index contributed by atoms with van der Waals surface area (Å²) in [6.07, 6.45) is 17.8. The van der Waals surface area contributed by atoms with Crippen LogP contribution in [0.3, 0.4) is 0 Å². The molecule has 0 heterocycles. The quantitative estimate of drug-likeness (QED) is 0.394. The summed E-state index contributed by atoms with van der Waals surface area (Å²) < 4.78 is 6.34. The first-order valence-corrected chi connectivity index (χ1v) is 9.82. The van der Waals surface area contributed by atoms with Crippen LogP contribution in [-0.2, 0) is 4.65 Å². The predicted octanol–water partition coefficient (Wildman–Crippen LogP) is 3.37. The fourth-order valence-electron chi connectivity index (χ4n) is 4.98. The van der Waals surface area contributed by atoms with Gasteiger partial charge in [0.05, 0.1) is 0 Å². The number of hydrogen-bond acceptors (Lipinski definition) is 1. The predicted molar refractivity (Wildman–Crippen MR) is 95.5 cm³/mol. The molecule has 0 spiro atoms. The zero-order valence-corrected chi connectivity index (χ0v) is 17.6. The summed E-state index contributed by atoms with van der Waals surface area (Å²) >= 11 is 5.82. The van der Waals surface area contributed by atoms with Crippen LogP contribution in [0.2, 0.25) is 11.6 Å². The molecule has 0 aliphatic heterocycles. The van der Waals surface area contributed by atoms with Gasteiger partial charge >= 0.3 is 29.6 Å².